The van der Waals surface area contributed by atoms with Crippen molar-refractivity contribution in [3.05, 3.63) is 83.6 Å². The third-order valence-corrected chi connectivity index (χ3v) is 6.02. The maximum Gasteiger partial charge on any atom is 0.248 e. The monoisotopic (exact) mass is 498 g/mol. The topological polar surface area (TPSA) is 104 Å². The van der Waals surface area contributed by atoms with Crippen LogP contribution in [0.4, 0.5) is 5.69 Å². The zero-order valence-electron chi connectivity index (χ0n) is 21.4. The van der Waals surface area contributed by atoms with E-state index in [0.717, 1.165) is 44.5 Å². The Labute approximate surface area is 215 Å². The van der Waals surface area contributed by atoms with Crippen molar-refractivity contribution in [3.63, 3.8) is 0 Å². The summed E-state index contributed by atoms with van der Waals surface area (Å²) in [4.78, 5) is 24.1. The van der Waals surface area contributed by atoms with E-state index in [0.29, 0.717) is 30.2 Å². The summed E-state index contributed by atoms with van der Waals surface area (Å²) in [5, 5.41) is 3.75. The number of nitrogens with two attached hydrogens (primary N) is 1. The molecule has 0 aliphatic heterocycles. The molecule has 0 saturated heterocycles. The highest BCUT2D eigenvalue weighted by Gasteiger charge is 2.19. The Bertz CT molecular complexity index is 1460. The molecule has 0 spiro atoms. The number of carbonyl (C=O) groups is 2. The van der Waals surface area contributed by atoms with Gasteiger partial charge in [-0.3, -0.25) is 9.59 Å². The van der Waals surface area contributed by atoms with Crippen molar-refractivity contribution >= 4 is 34.0 Å². The van der Waals surface area contributed by atoms with E-state index in [9.17, 15) is 9.59 Å². The molecule has 0 radical (unpaired) electrons. The fourth-order valence-electron chi connectivity index (χ4n) is 4.23. The van der Waals surface area contributed by atoms with Gasteiger partial charge >= 0.3 is 0 Å². The molecule has 3 N–H and O–H groups in total. The number of fused-ring (bicyclic) bond motifs is 1. The number of carbonyl (C=O) groups excluding carboxylic acids is 2. The molecule has 2 amide bonds. The molecule has 1 heterocycles. The van der Waals surface area contributed by atoms with Crippen molar-refractivity contribution < 1.29 is 23.5 Å². The number of hydrogen-bond donors (Lipinski definition) is 2. The maximum atomic E-state index is 12.8. The van der Waals surface area contributed by atoms with Crippen molar-refractivity contribution in [2.24, 2.45) is 5.73 Å². The summed E-state index contributed by atoms with van der Waals surface area (Å²) < 4.78 is 17.5. The first-order valence-electron chi connectivity index (χ1n) is 12.1. The number of amides is 2. The Morgan fingerprint density at radius 2 is 1.68 bits per heavy atom. The van der Waals surface area contributed by atoms with Gasteiger partial charge in [0.05, 0.1) is 19.5 Å². The van der Waals surface area contributed by atoms with Gasteiger partial charge in [-0.05, 0) is 81.3 Å². The second kappa shape index (κ2) is 11.0. The average molecular weight is 499 g/mol. The van der Waals surface area contributed by atoms with E-state index in [1.807, 2.05) is 58.0 Å². The van der Waals surface area contributed by atoms with Crippen LogP contribution in [0.25, 0.3) is 27.7 Å². The smallest absolute Gasteiger partial charge is 0.248 e. The molecule has 4 aromatic rings. The predicted octanol–water partition coefficient (Wildman–Crippen LogP) is 6.35. The molecule has 0 aliphatic rings. The fraction of sp³-hybridized carbons (Fsp3) is 0.200. The van der Waals surface area contributed by atoms with Gasteiger partial charge in [-0.15, -0.1) is 0 Å². The normalized spacial score (nSPS) is 11.4. The van der Waals surface area contributed by atoms with E-state index in [-0.39, 0.29) is 5.91 Å². The molecule has 7 heteroatoms. The maximum absolute atomic E-state index is 12.8. The van der Waals surface area contributed by atoms with Crippen LogP contribution < -0.4 is 20.5 Å². The second-order valence-corrected chi connectivity index (χ2v) is 8.55. The molecule has 7 nitrogen and oxygen atoms in total. The lowest BCUT2D eigenvalue weighted by Gasteiger charge is -2.15. The first-order chi connectivity index (χ1) is 17.8. The molecule has 37 heavy (non-hydrogen) atoms. The summed E-state index contributed by atoms with van der Waals surface area (Å²) >= 11 is 0. The largest absolute Gasteiger partial charge is 0.494 e. The van der Waals surface area contributed by atoms with Crippen LogP contribution in [0, 0.1) is 6.92 Å². The van der Waals surface area contributed by atoms with Crippen molar-refractivity contribution in [1.82, 2.24) is 0 Å². The molecule has 0 unspecified atom stereocenters. The molecule has 190 valence electrons. The van der Waals surface area contributed by atoms with E-state index in [2.05, 4.69) is 5.32 Å². The number of rotatable bonds is 9. The predicted molar refractivity (Wildman–Crippen MR) is 146 cm³/mol. The Hall–Kier alpha value is -4.52. The number of furan rings is 1. The van der Waals surface area contributed by atoms with E-state index < -0.39 is 5.91 Å². The first-order valence-corrected chi connectivity index (χ1v) is 12.1. The number of hydrogen-bond acceptors (Lipinski definition) is 5. The highest BCUT2D eigenvalue weighted by Crippen LogP contribution is 2.41. The van der Waals surface area contributed by atoms with Crippen LogP contribution in [0.3, 0.4) is 0 Å². The number of primary amides is 1. The summed E-state index contributed by atoms with van der Waals surface area (Å²) in [6.45, 7) is 8.77. The average Bonchev–Trinajstić information content (AvgIpc) is 3.31. The van der Waals surface area contributed by atoms with Gasteiger partial charge in [0.25, 0.3) is 0 Å². The summed E-state index contributed by atoms with van der Waals surface area (Å²) in [6.07, 6.45) is 3.27. The van der Waals surface area contributed by atoms with Gasteiger partial charge in [0, 0.05) is 39.4 Å². The van der Waals surface area contributed by atoms with Crippen LogP contribution >= 0.6 is 0 Å². The van der Waals surface area contributed by atoms with Gasteiger partial charge in [-0.25, -0.2) is 0 Å². The number of ether oxygens (including phenoxy) is 2. The molecule has 3 aromatic carbocycles. The van der Waals surface area contributed by atoms with E-state index in [1.54, 1.807) is 30.5 Å². The lowest BCUT2D eigenvalue weighted by molar-refractivity contribution is -0.111. The number of benzene rings is 3. The van der Waals surface area contributed by atoms with Gasteiger partial charge in [0.15, 0.2) is 0 Å². The van der Waals surface area contributed by atoms with Crippen LogP contribution in [-0.2, 0) is 4.79 Å². The molecule has 0 fully saturated rings. The van der Waals surface area contributed by atoms with Gasteiger partial charge in [0.2, 0.25) is 11.8 Å². The van der Waals surface area contributed by atoms with Crippen molar-refractivity contribution in [3.8, 4) is 22.6 Å². The van der Waals surface area contributed by atoms with Gasteiger partial charge in [-0.2, -0.15) is 0 Å². The lowest BCUT2D eigenvalue weighted by Crippen LogP contribution is -2.12. The zero-order chi connectivity index (χ0) is 26.5. The summed E-state index contributed by atoms with van der Waals surface area (Å²) in [6, 6.07) is 16.3. The Balaban J connectivity index is 1.70. The third kappa shape index (κ3) is 5.51. The Morgan fingerprint density at radius 3 is 2.30 bits per heavy atom. The minimum Gasteiger partial charge on any atom is -0.494 e. The first kappa shape index (κ1) is 25.6. The quantitative estimate of drug-likeness (QED) is 0.262. The zero-order valence-corrected chi connectivity index (χ0v) is 21.4. The Kier molecular flexibility index (Phi) is 7.63. The van der Waals surface area contributed by atoms with Crippen molar-refractivity contribution in [1.29, 1.82) is 0 Å². The molecule has 0 aliphatic carbocycles. The van der Waals surface area contributed by atoms with E-state index in [1.165, 1.54) is 6.08 Å². The number of anilines is 1. The molecule has 0 saturated carbocycles. The van der Waals surface area contributed by atoms with Crippen LogP contribution in [0.2, 0.25) is 0 Å². The molecule has 4 rings (SSSR count). The lowest BCUT2D eigenvalue weighted by atomic mass is 9.96. The number of allylic oxidation sites excluding steroid dienone is 1. The second-order valence-electron chi connectivity index (χ2n) is 8.55. The molecular weight excluding hydrogens is 468 g/mol. The number of aryl methyl sites for hydroxylation is 1. The van der Waals surface area contributed by atoms with Crippen molar-refractivity contribution in [2.75, 3.05) is 18.5 Å². The molecule has 1 aromatic heterocycles. The van der Waals surface area contributed by atoms with Crippen molar-refractivity contribution in [2.45, 2.75) is 27.7 Å². The van der Waals surface area contributed by atoms with E-state index in [4.69, 9.17) is 19.6 Å². The van der Waals surface area contributed by atoms with E-state index >= 15 is 0 Å². The molecule has 0 bridgehead atoms. The minimum atomic E-state index is -0.522. The fourth-order valence-corrected chi connectivity index (χ4v) is 4.23. The summed E-state index contributed by atoms with van der Waals surface area (Å²) in [7, 11) is 0. The van der Waals surface area contributed by atoms with Crippen LogP contribution in [-0.4, -0.2) is 25.0 Å². The molecular formula is C30H30N2O5. The van der Waals surface area contributed by atoms with Crippen LogP contribution in [0.1, 0.15) is 42.3 Å². The molecule has 0 atom stereocenters. The van der Waals surface area contributed by atoms with Gasteiger partial charge in [0.1, 0.15) is 17.1 Å². The summed E-state index contributed by atoms with van der Waals surface area (Å²) in [5.41, 5.74) is 11.3. The number of nitrogens with one attached hydrogen (secondary N) is 1. The Morgan fingerprint density at radius 1 is 1.00 bits per heavy atom. The SMILES string of the molecule is CCOc1ccc(-c2coc3c(C)c(OCC)c(/C(C)=C/C(=O)Nc4ccc(C(N)=O)cc4)cc23)cc1. The highest BCUT2D eigenvalue weighted by molar-refractivity contribution is 6.06. The third-order valence-electron chi connectivity index (χ3n) is 6.02. The van der Waals surface area contributed by atoms with Gasteiger partial charge in [-0.1, -0.05) is 12.1 Å². The standard InChI is InChI=1S/C30H30N2O5/c1-5-35-23-13-9-20(10-14-23)26-17-37-29-19(4)28(36-6-2)24(16-25(26)29)18(3)15-27(33)32-22-11-7-21(8-12-22)30(31)34/h7-17H,5-6H2,1-4H3,(H2,31,34)(H,32,33)/b18-15+. The van der Waals surface area contributed by atoms with Crippen LogP contribution in [0.15, 0.2) is 71.4 Å². The van der Waals surface area contributed by atoms with Crippen LogP contribution in [0.5, 0.6) is 11.5 Å². The summed E-state index contributed by atoms with van der Waals surface area (Å²) in [5.74, 6) is 0.661. The minimum absolute atomic E-state index is 0.302. The van der Waals surface area contributed by atoms with Gasteiger partial charge < -0.3 is 24.9 Å². The highest BCUT2D eigenvalue weighted by atomic mass is 16.5.